The summed E-state index contributed by atoms with van der Waals surface area (Å²) in [6, 6.07) is 13.4. The van der Waals surface area contributed by atoms with Crippen LogP contribution in [0.2, 0.25) is 0 Å². The number of nitrogens with one attached hydrogen (secondary N) is 2. The number of amides is 1. The van der Waals surface area contributed by atoms with Crippen LogP contribution in [0, 0.1) is 13.8 Å². The van der Waals surface area contributed by atoms with Gasteiger partial charge in [0.1, 0.15) is 10.6 Å². The number of anilines is 2. The van der Waals surface area contributed by atoms with Gasteiger partial charge in [-0.05, 0) is 38.1 Å². The Balaban J connectivity index is 1.94. The number of hydrogen-bond acceptors (Lipinski definition) is 5. The van der Waals surface area contributed by atoms with Crippen molar-refractivity contribution in [3.8, 4) is 5.75 Å². The Kier molecular flexibility index (Phi) is 5.60. The lowest BCUT2D eigenvalue weighted by atomic mass is 10.1. The van der Waals surface area contributed by atoms with Crippen molar-refractivity contribution in [3.05, 3.63) is 65.5 Å². The van der Waals surface area contributed by atoms with Gasteiger partial charge in [0, 0.05) is 7.05 Å². The van der Waals surface area contributed by atoms with E-state index in [1.165, 1.54) is 17.9 Å². The second-order valence-electron chi connectivity index (χ2n) is 6.43. The largest absolute Gasteiger partial charge is 0.495 e. The summed E-state index contributed by atoms with van der Waals surface area (Å²) < 4.78 is 35.2. The van der Waals surface area contributed by atoms with Gasteiger partial charge in [-0.2, -0.15) is 5.10 Å². The molecule has 1 heterocycles. The molecule has 2 N–H and O–H groups in total. The monoisotopic (exact) mass is 414 g/mol. The molecule has 0 unspecified atom stereocenters. The molecule has 3 aromatic rings. The number of sulfonamides is 1. The van der Waals surface area contributed by atoms with Gasteiger partial charge in [-0.25, -0.2) is 8.42 Å². The molecule has 0 aliphatic heterocycles. The number of rotatable bonds is 6. The fourth-order valence-corrected chi connectivity index (χ4v) is 4.57. The molecule has 1 amide bonds. The van der Waals surface area contributed by atoms with Gasteiger partial charge >= 0.3 is 0 Å². The molecule has 0 fully saturated rings. The van der Waals surface area contributed by atoms with Crippen LogP contribution in [0.15, 0.2) is 53.4 Å². The predicted octanol–water partition coefficient (Wildman–Crippen LogP) is 3.10. The van der Waals surface area contributed by atoms with Gasteiger partial charge in [-0.1, -0.05) is 24.3 Å². The van der Waals surface area contributed by atoms with Gasteiger partial charge < -0.3 is 10.1 Å². The number of aryl methyl sites for hydroxylation is 2. The van der Waals surface area contributed by atoms with Crippen molar-refractivity contribution >= 4 is 27.3 Å². The number of aromatic nitrogens is 2. The summed E-state index contributed by atoms with van der Waals surface area (Å²) in [5, 5.41) is 6.91. The maximum Gasteiger partial charge on any atom is 0.265 e. The van der Waals surface area contributed by atoms with Crippen LogP contribution in [0.4, 0.5) is 11.4 Å². The fraction of sp³-hybridized carbons (Fsp3) is 0.200. The van der Waals surface area contributed by atoms with Crippen LogP contribution in [0.1, 0.15) is 21.7 Å². The molecule has 0 aliphatic rings. The van der Waals surface area contributed by atoms with Crippen LogP contribution < -0.4 is 14.8 Å². The maximum absolute atomic E-state index is 13.0. The highest BCUT2D eigenvalue weighted by molar-refractivity contribution is 7.92. The number of methoxy groups -OCH3 is 1. The molecule has 0 saturated heterocycles. The third-order valence-electron chi connectivity index (χ3n) is 4.48. The summed E-state index contributed by atoms with van der Waals surface area (Å²) in [4.78, 5) is 12.9. The Bertz CT molecular complexity index is 1170. The van der Waals surface area contributed by atoms with Crippen LogP contribution in [0.25, 0.3) is 0 Å². The molecule has 2 aromatic carbocycles. The first-order valence-electron chi connectivity index (χ1n) is 8.81. The Labute approximate surface area is 169 Å². The van der Waals surface area contributed by atoms with Crippen molar-refractivity contribution in [2.24, 2.45) is 7.05 Å². The van der Waals surface area contributed by atoms with Crippen molar-refractivity contribution in [1.29, 1.82) is 0 Å². The minimum atomic E-state index is -3.93. The Morgan fingerprint density at radius 1 is 1.03 bits per heavy atom. The molecule has 8 nitrogen and oxygen atoms in total. The number of nitrogens with zero attached hydrogens (tertiary/aromatic N) is 2. The van der Waals surface area contributed by atoms with Gasteiger partial charge in [0.05, 0.1) is 35.4 Å². The smallest absolute Gasteiger partial charge is 0.265 e. The standard InChI is InChI=1S/C20H22N4O4S/c1-13-19(14(2)24(3)22-13)29(26,27)23-16-10-6-5-9-15(16)20(25)21-17-11-7-8-12-18(17)28-4/h5-12,23H,1-4H3,(H,21,25). The molecular weight excluding hydrogens is 392 g/mol. The average Bonchev–Trinajstić information content (AvgIpc) is 2.94. The van der Waals surface area contributed by atoms with Crippen LogP contribution >= 0.6 is 0 Å². The zero-order valence-corrected chi connectivity index (χ0v) is 17.4. The average molecular weight is 414 g/mol. The van der Waals surface area contributed by atoms with Gasteiger partial charge in [-0.15, -0.1) is 0 Å². The van der Waals surface area contributed by atoms with E-state index in [0.717, 1.165) is 0 Å². The van der Waals surface area contributed by atoms with Crippen molar-refractivity contribution in [1.82, 2.24) is 9.78 Å². The van der Waals surface area contributed by atoms with Gasteiger partial charge in [0.25, 0.3) is 15.9 Å². The summed E-state index contributed by atoms with van der Waals surface area (Å²) in [5.41, 5.74) is 1.72. The highest BCUT2D eigenvalue weighted by atomic mass is 32.2. The Morgan fingerprint density at radius 3 is 2.28 bits per heavy atom. The van der Waals surface area contributed by atoms with Crippen molar-refractivity contribution in [2.75, 3.05) is 17.1 Å². The van der Waals surface area contributed by atoms with Crippen LogP contribution in [-0.2, 0) is 17.1 Å². The highest BCUT2D eigenvalue weighted by Gasteiger charge is 2.25. The summed E-state index contributed by atoms with van der Waals surface area (Å²) in [6.07, 6.45) is 0. The Morgan fingerprint density at radius 2 is 1.66 bits per heavy atom. The minimum Gasteiger partial charge on any atom is -0.495 e. The topological polar surface area (TPSA) is 102 Å². The van der Waals surface area contributed by atoms with E-state index in [-0.39, 0.29) is 16.1 Å². The molecule has 0 atom stereocenters. The molecule has 29 heavy (non-hydrogen) atoms. The summed E-state index contributed by atoms with van der Waals surface area (Å²) in [6.45, 7) is 3.30. The van der Waals surface area contributed by atoms with E-state index in [4.69, 9.17) is 4.74 Å². The summed E-state index contributed by atoms with van der Waals surface area (Å²) in [7, 11) is -0.751. The second kappa shape index (κ2) is 7.96. The molecule has 9 heteroatoms. The third-order valence-corrected chi connectivity index (χ3v) is 6.10. The lowest BCUT2D eigenvalue weighted by Crippen LogP contribution is -2.19. The lowest BCUT2D eigenvalue weighted by molar-refractivity contribution is 0.102. The first kappa shape index (κ1) is 20.4. The molecule has 0 saturated carbocycles. The minimum absolute atomic E-state index is 0.0972. The number of para-hydroxylation sites is 3. The predicted molar refractivity (Wildman–Crippen MR) is 111 cm³/mol. The number of carbonyl (C=O) groups excluding carboxylic acids is 1. The number of benzene rings is 2. The SMILES string of the molecule is COc1ccccc1NC(=O)c1ccccc1NS(=O)(=O)c1c(C)nn(C)c1C. The van der Waals surface area contributed by atoms with Crippen molar-refractivity contribution in [3.63, 3.8) is 0 Å². The zero-order valence-electron chi connectivity index (χ0n) is 16.6. The first-order chi connectivity index (χ1) is 13.7. The summed E-state index contributed by atoms with van der Waals surface area (Å²) >= 11 is 0. The molecule has 0 radical (unpaired) electrons. The molecular formula is C20H22N4O4S. The number of carbonyl (C=O) groups is 1. The van der Waals surface area contributed by atoms with Gasteiger partial charge in [0.15, 0.2) is 0 Å². The van der Waals surface area contributed by atoms with E-state index in [1.807, 2.05) is 0 Å². The van der Waals surface area contributed by atoms with Crippen molar-refractivity contribution in [2.45, 2.75) is 18.7 Å². The van der Waals surface area contributed by atoms with E-state index in [2.05, 4.69) is 15.1 Å². The highest BCUT2D eigenvalue weighted by Crippen LogP contribution is 2.27. The van der Waals surface area contributed by atoms with Gasteiger partial charge in [-0.3, -0.25) is 14.2 Å². The number of ether oxygens (including phenoxy) is 1. The van der Waals surface area contributed by atoms with Crippen LogP contribution in [0.3, 0.4) is 0 Å². The van der Waals surface area contributed by atoms with E-state index >= 15 is 0 Å². The molecule has 0 aliphatic carbocycles. The molecule has 3 rings (SSSR count). The molecule has 0 spiro atoms. The zero-order chi connectivity index (χ0) is 21.2. The normalized spacial score (nSPS) is 11.2. The number of hydrogen-bond donors (Lipinski definition) is 2. The summed E-state index contributed by atoms with van der Waals surface area (Å²) in [5.74, 6) is 0.0351. The van der Waals surface area contributed by atoms with E-state index < -0.39 is 15.9 Å². The third kappa shape index (κ3) is 4.09. The lowest BCUT2D eigenvalue weighted by Gasteiger charge is -2.14. The molecule has 152 valence electrons. The second-order valence-corrected chi connectivity index (χ2v) is 8.05. The van der Waals surface area contributed by atoms with E-state index in [0.29, 0.717) is 22.8 Å². The maximum atomic E-state index is 13.0. The van der Waals surface area contributed by atoms with E-state index in [9.17, 15) is 13.2 Å². The molecule has 1 aromatic heterocycles. The van der Waals surface area contributed by atoms with Crippen molar-refractivity contribution < 1.29 is 17.9 Å². The van der Waals surface area contributed by atoms with Crippen LogP contribution in [-0.4, -0.2) is 31.2 Å². The fourth-order valence-electron chi connectivity index (χ4n) is 3.05. The Hall–Kier alpha value is -3.33. The van der Waals surface area contributed by atoms with Crippen LogP contribution in [0.5, 0.6) is 5.75 Å². The van der Waals surface area contributed by atoms with Gasteiger partial charge in [0.2, 0.25) is 0 Å². The van der Waals surface area contributed by atoms with E-state index in [1.54, 1.807) is 63.4 Å². The first-order valence-corrected chi connectivity index (χ1v) is 10.3. The molecule has 0 bridgehead atoms. The quantitative estimate of drug-likeness (QED) is 0.645.